The van der Waals surface area contributed by atoms with E-state index in [1.165, 1.54) is 38.2 Å². The van der Waals surface area contributed by atoms with Gasteiger partial charge in [-0.05, 0) is 42.5 Å². The second kappa shape index (κ2) is 6.76. The first kappa shape index (κ1) is 16.7. The second-order valence-electron chi connectivity index (χ2n) is 6.46. The van der Waals surface area contributed by atoms with E-state index in [9.17, 15) is 13.2 Å². The minimum Gasteiger partial charge on any atom is -0.476 e. The van der Waals surface area contributed by atoms with Crippen molar-refractivity contribution >= 4 is 17.7 Å². The number of fused-ring (bicyclic) bond motifs is 1. The Labute approximate surface area is 139 Å². The fourth-order valence-electron chi connectivity index (χ4n) is 3.41. The summed E-state index contributed by atoms with van der Waals surface area (Å²) in [6, 6.07) is 3.39. The van der Waals surface area contributed by atoms with Gasteiger partial charge in [-0.1, -0.05) is 49.8 Å². The van der Waals surface area contributed by atoms with Crippen molar-refractivity contribution in [2.24, 2.45) is 5.92 Å². The molecule has 2 aliphatic rings. The molecule has 0 saturated heterocycles. The Balaban J connectivity index is 1.72. The predicted molar refractivity (Wildman–Crippen MR) is 85.9 cm³/mol. The first-order valence-electron chi connectivity index (χ1n) is 8.17. The van der Waals surface area contributed by atoms with Crippen LogP contribution in [0.1, 0.15) is 49.7 Å². The van der Waals surface area contributed by atoms with Crippen LogP contribution in [-0.4, -0.2) is 12.3 Å². The molecule has 1 atom stereocenters. The Kier molecular flexibility index (Phi) is 4.90. The molecule has 0 aromatic heterocycles. The molecule has 3 rings (SSSR count). The molecule has 1 saturated carbocycles. The van der Waals surface area contributed by atoms with Gasteiger partial charge in [0.05, 0.1) is 0 Å². The number of benzene rings is 1. The molecule has 1 aliphatic heterocycles. The first-order valence-corrected chi connectivity index (χ1v) is 8.55. The maximum Gasteiger partial charge on any atom is 0.429 e. The third kappa shape index (κ3) is 4.03. The molecule has 1 heterocycles. The van der Waals surface area contributed by atoms with Crippen LogP contribution in [0.5, 0.6) is 5.75 Å². The molecule has 0 N–H and O–H groups in total. The Morgan fingerprint density at radius 2 is 1.87 bits per heavy atom. The zero-order valence-electron chi connectivity index (χ0n) is 12.8. The van der Waals surface area contributed by atoms with Crippen LogP contribution < -0.4 is 4.74 Å². The normalized spacial score (nSPS) is 21.8. The Morgan fingerprint density at radius 3 is 2.57 bits per heavy atom. The van der Waals surface area contributed by atoms with Gasteiger partial charge in [-0.2, -0.15) is 13.2 Å². The molecule has 126 valence electrons. The fourth-order valence-corrected chi connectivity index (χ4v) is 3.68. The highest BCUT2D eigenvalue weighted by Gasteiger charge is 2.41. The standard InChI is InChI=1S/C18H20ClF3O/c19-15-10-14-8-9-17(18(20,21)22)23-16(14)11-13(15)7-6-12-4-2-1-3-5-12/h8-12,17H,1-7H2. The van der Waals surface area contributed by atoms with Gasteiger partial charge in [0.1, 0.15) is 5.75 Å². The van der Waals surface area contributed by atoms with E-state index in [1.54, 1.807) is 12.1 Å². The summed E-state index contributed by atoms with van der Waals surface area (Å²) >= 11 is 6.29. The van der Waals surface area contributed by atoms with E-state index in [1.807, 2.05) is 0 Å². The summed E-state index contributed by atoms with van der Waals surface area (Å²) in [5, 5.41) is 0.610. The lowest BCUT2D eigenvalue weighted by Crippen LogP contribution is -2.33. The molecule has 5 heteroatoms. The van der Waals surface area contributed by atoms with E-state index < -0.39 is 12.3 Å². The molecule has 1 fully saturated rings. The molecule has 0 bridgehead atoms. The van der Waals surface area contributed by atoms with E-state index in [-0.39, 0.29) is 5.75 Å². The van der Waals surface area contributed by atoms with Gasteiger partial charge < -0.3 is 4.74 Å². The van der Waals surface area contributed by atoms with E-state index in [0.29, 0.717) is 16.5 Å². The van der Waals surface area contributed by atoms with Crippen molar-refractivity contribution in [1.29, 1.82) is 0 Å². The van der Waals surface area contributed by atoms with Crippen LogP contribution in [0.2, 0.25) is 5.02 Å². The maximum absolute atomic E-state index is 12.8. The summed E-state index contributed by atoms with van der Waals surface area (Å²) in [6.45, 7) is 0. The molecule has 1 nitrogen and oxygen atoms in total. The molecule has 0 radical (unpaired) electrons. The summed E-state index contributed by atoms with van der Waals surface area (Å²) in [5.74, 6) is 0.984. The maximum atomic E-state index is 12.8. The van der Waals surface area contributed by atoms with Gasteiger partial charge in [0.25, 0.3) is 0 Å². The molecule has 23 heavy (non-hydrogen) atoms. The van der Waals surface area contributed by atoms with E-state index in [0.717, 1.165) is 24.5 Å². The van der Waals surface area contributed by atoms with Crippen molar-refractivity contribution in [2.45, 2.75) is 57.2 Å². The van der Waals surface area contributed by atoms with Gasteiger partial charge in [-0.3, -0.25) is 0 Å². The number of alkyl halides is 3. The van der Waals surface area contributed by atoms with Crippen LogP contribution in [0.3, 0.4) is 0 Å². The van der Waals surface area contributed by atoms with Crippen molar-refractivity contribution in [1.82, 2.24) is 0 Å². The highest BCUT2D eigenvalue weighted by Crippen LogP contribution is 2.37. The predicted octanol–water partition coefficient (Wildman–Crippen LogP) is 6.19. The van der Waals surface area contributed by atoms with Gasteiger partial charge in [-0.15, -0.1) is 0 Å². The fraction of sp³-hybridized carbons (Fsp3) is 0.556. The molecule has 0 amide bonds. The summed E-state index contributed by atoms with van der Waals surface area (Å²) in [6.07, 6.45) is 4.41. The molecular weight excluding hydrogens is 325 g/mol. The van der Waals surface area contributed by atoms with Gasteiger partial charge >= 0.3 is 6.18 Å². The largest absolute Gasteiger partial charge is 0.476 e. The number of ether oxygens (including phenoxy) is 1. The van der Waals surface area contributed by atoms with Crippen LogP contribution in [0.4, 0.5) is 13.2 Å². The Hall–Kier alpha value is -1.16. The third-order valence-electron chi connectivity index (χ3n) is 4.75. The number of rotatable bonds is 3. The average molecular weight is 345 g/mol. The summed E-state index contributed by atoms with van der Waals surface area (Å²) in [4.78, 5) is 0. The van der Waals surface area contributed by atoms with Crippen molar-refractivity contribution in [2.75, 3.05) is 0 Å². The third-order valence-corrected chi connectivity index (χ3v) is 5.10. The number of halogens is 4. The minimum absolute atomic E-state index is 0.276. The SMILES string of the molecule is FC(F)(F)C1C=Cc2cc(Cl)c(CCC3CCCCC3)cc2O1. The molecular formula is C18H20ClF3O. The summed E-state index contributed by atoms with van der Waals surface area (Å²) in [5.41, 5.74) is 1.49. The Bertz CT molecular complexity index is 589. The zero-order chi connectivity index (χ0) is 16.4. The first-order chi connectivity index (χ1) is 10.9. The van der Waals surface area contributed by atoms with Crippen molar-refractivity contribution in [3.05, 3.63) is 34.4 Å². The molecule has 1 aromatic carbocycles. The van der Waals surface area contributed by atoms with Gasteiger partial charge in [0, 0.05) is 10.6 Å². The smallest absolute Gasteiger partial charge is 0.429 e. The lowest BCUT2D eigenvalue weighted by Gasteiger charge is -2.25. The molecule has 0 spiro atoms. The van der Waals surface area contributed by atoms with Crippen molar-refractivity contribution in [3.8, 4) is 5.75 Å². The highest BCUT2D eigenvalue weighted by molar-refractivity contribution is 6.31. The Morgan fingerprint density at radius 1 is 1.13 bits per heavy atom. The van der Waals surface area contributed by atoms with Crippen LogP contribution in [0.15, 0.2) is 18.2 Å². The molecule has 1 aliphatic carbocycles. The number of hydrogen-bond donors (Lipinski definition) is 0. The molecule has 1 aromatic rings. The summed E-state index contributed by atoms with van der Waals surface area (Å²) in [7, 11) is 0. The van der Waals surface area contributed by atoms with Gasteiger partial charge in [0.2, 0.25) is 6.10 Å². The lowest BCUT2D eigenvalue weighted by atomic mass is 9.85. The summed E-state index contributed by atoms with van der Waals surface area (Å²) < 4.78 is 43.5. The van der Waals surface area contributed by atoms with E-state index in [4.69, 9.17) is 16.3 Å². The van der Waals surface area contributed by atoms with Crippen LogP contribution >= 0.6 is 11.6 Å². The highest BCUT2D eigenvalue weighted by atomic mass is 35.5. The van der Waals surface area contributed by atoms with Crippen LogP contribution in [0.25, 0.3) is 6.08 Å². The van der Waals surface area contributed by atoms with Crippen molar-refractivity contribution in [3.63, 3.8) is 0 Å². The monoisotopic (exact) mass is 344 g/mol. The quantitative estimate of drug-likeness (QED) is 0.635. The van der Waals surface area contributed by atoms with Crippen LogP contribution in [-0.2, 0) is 6.42 Å². The zero-order valence-corrected chi connectivity index (χ0v) is 13.6. The van der Waals surface area contributed by atoms with E-state index >= 15 is 0 Å². The lowest BCUT2D eigenvalue weighted by molar-refractivity contribution is -0.180. The van der Waals surface area contributed by atoms with Gasteiger partial charge in [0.15, 0.2) is 0 Å². The van der Waals surface area contributed by atoms with Crippen LogP contribution in [0, 0.1) is 5.92 Å². The van der Waals surface area contributed by atoms with E-state index in [2.05, 4.69) is 0 Å². The number of aryl methyl sites for hydroxylation is 1. The molecule has 1 unspecified atom stereocenters. The van der Waals surface area contributed by atoms with Gasteiger partial charge in [-0.25, -0.2) is 0 Å². The topological polar surface area (TPSA) is 9.23 Å². The number of hydrogen-bond acceptors (Lipinski definition) is 1. The van der Waals surface area contributed by atoms with Crippen molar-refractivity contribution < 1.29 is 17.9 Å². The second-order valence-corrected chi connectivity index (χ2v) is 6.87. The minimum atomic E-state index is -4.39. The average Bonchev–Trinajstić information content (AvgIpc) is 2.52.